The minimum Gasteiger partial charge on any atom is -0.502 e. The molecular weight excluding hydrogens is 350 g/mol. The predicted molar refractivity (Wildman–Crippen MR) is 97.6 cm³/mol. The van der Waals surface area contributed by atoms with Crippen molar-refractivity contribution < 1.29 is 19.6 Å². The molecule has 0 spiro atoms. The van der Waals surface area contributed by atoms with Crippen molar-refractivity contribution in [2.24, 2.45) is 0 Å². The number of phenolic OH excluding ortho intramolecular Hbond substituents is 1. The Hall–Kier alpha value is -3.13. The number of anilines is 1. The number of carbonyl (C=O) groups is 1. The Bertz CT molecular complexity index is 895. The fourth-order valence-corrected chi connectivity index (χ4v) is 3.61. The summed E-state index contributed by atoms with van der Waals surface area (Å²) in [5.74, 6) is -0.558. The van der Waals surface area contributed by atoms with Crippen LogP contribution >= 0.6 is 0 Å². The van der Waals surface area contributed by atoms with E-state index in [0.29, 0.717) is 30.0 Å². The lowest BCUT2D eigenvalue weighted by molar-refractivity contribution is -0.385. The van der Waals surface area contributed by atoms with E-state index >= 15 is 0 Å². The lowest BCUT2D eigenvalue weighted by Gasteiger charge is -2.39. The topological polar surface area (TPSA) is 105 Å². The van der Waals surface area contributed by atoms with E-state index < -0.39 is 22.5 Å². The first-order valence-electron chi connectivity index (χ1n) is 8.80. The third kappa shape index (κ3) is 3.19. The Morgan fingerprint density at radius 3 is 2.85 bits per heavy atom. The summed E-state index contributed by atoms with van der Waals surface area (Å²) in [4.78, 5) is 25.3. The highest BCUT2D eigenvalue weighted by Crippen LogP contribution is 2.37. The van der Waals surface area contributed by atoms with Crippen molar-refractivity contribution in [2.45, 2.75) is 25.1 Å². The van der Waals surface area contributed by atoms with E-state index in [2.05, 4.69) is 5.32 Å². The standard InChI is InChI=1S/C19H19N3O5/c23-17-8-7-12(10-16(17)22(25)26)18-20-15-6-2-1-5-14(15)19(24)21(18)11-13-4-3-9-27-13/h1-2,5-8,10,13,18,20,23H,3-4,9,11H2. The van der Waals surface area contributed by atoms with Gasteiger partial charge in [0.1, 0.15) is 6.17 Å². The van der Waals surface area contributed by atoms with Crippen LogP contribution in [-0.2, 0) is 4.74 Å². The Labute approximate surface area is 155 Å². The van der Waals surface area contributed by atoms with Crippen LogP contribution < -0.4 is 5.32 Å². The van der Waals surface area contributed by atoms with Gasteiger partial charge in [-0.05, 0) is 31.0 Å². The fourth-order valence-electron chi connectivity index (χ4n) is 3.61. The molecule has 2 N–H and O–H groups in total. The molecule has 2 unspecified atom stereocenters. The highest BCUT2D eigenvalue weighted by atomic mass is 16.6. The second-order valence-electron chi connectivity index (χ2n) is 6.69. The second kappa shape index (κ2) is 6.88. The van der Waals surface area contributed by atoms with Crippen LogP contribution in [0.25, 0.3) is 0 Å². The van der Waals surface area contributed by atoms with Gasteiger partial charge in [0.2, 0.25) is 0 Å². The molecular formula is C19H19N3O5. The number of carbonyl (C=O) groups excluding carboxylic acids is 1. The highest BCUT2D eigenvalue weighted by molar-refractivity contribution is 6.01. The molecule has 1 amide bonds. The monoisotopic (exact) mass is 369 g/mol. The number of ether oxygens (including phenoxy) is 1. The SMILES string of the molecule is O=C1c2ccccc2NC(c2ccc(O)c([N+](=O)[O-])c2)N1CC1CCCO1. The van der Waals surface area contributed by atoms with E-state index in [-0.39, 0.29) is 12.0 Å². The number of para-hydroxylation sites is 1. The summed E-state index contributed by atoms with van der Waals surface area (Å²) in [7, 11) is 0. The zero-order chi connectivity index (χ0) is 19.0. The first kappa shape index (κ1) is 17.3. The molecule has 0 saturated carbocycles. The maximum Gasteiger partial charge on any atom is 0.311 e. The van der Waals surface area contributed by atoms with Gasteiger partial charge in [-0.1, -0.05) is 18.2 Å². The molecule has 0 aliphatic carbocycles. The molecule has 0 radical (unpaired) electrons. The average molecular weight is 369 g/mol. The number of hydrogen-bond donors (Lipinski definition) is 2. The smallest absolute Gasteiger partial charge is 0.311 e. The number of nitro benzene ring substituents is 1. The van der Waals surface area contributed by atoms with Gasteiger partial charge < -0.3 is 20.1 Å². The van der Waals surface area contributed by atoms with Crippen LogP contribution in [-0.4, -0.2) is 40.1 Å². The molecule has 0 aromatic heterocycles. The largest absolute Gasteiger partial charge is 0.502 e. The number of amides is 1. The third-order valence-corrected chi connectivity index (χ3v) is 4.96. The molecule has 4 rings (SSSR count). The number of nitrogens with zero attached hydrogens (tertiary/aromatic N) is 2. The van der Waals surface area contributed by atoms with Gasteiger partial charge in [0, 0.05) is 30.5 Å². The summed E-state index contributed by atoms with van der Waals surface area (Å²) < 4.78 is 5.69. The van der Waals surface area contributed by atoms with E-state index in [1.165, 1.54) is 12.1 Å². The van der Waals surface area contributed by atoms with Gasteiger partial charge in [-0.25, -0.2) is 0 Å². The molecule has 1 saturated heterocycles. The Kier molecular flexibility index (Phi) is 4.41. The van der Waals surface area contributed by atoms with Gasteiger partial charge in [0.25, 0.3) is 5.91 Å². The molecule has 2 aliphatic heterocycles. The van der Waals surface area contributed by atoms with Crippen LogP contribution in [0, 0.1) is 10.1 Å². The normalized spacial score (nSPS) is 21.6. The Morgan fingerprint density at radius 2 is 2.11 bits per heavy atom. The number of hydrogen-bond acceptors (Lipinski definition) is 6. The Morgan fingerprint density at radius 1 is 1.30 bits per heavy atom. The quantitative estimate of drug-likeness (QED) is 0.634. The van der Waals surface area contributed by atoms with Gasteiger partial charge in [0.05, 0.1) is 16.6 Å². The summed E-state index contributed by atoms with van der Waals surface area (Å²) in [6.45, 7) is 1.06. The van der Waals surface area contributed by atoms with Crippen LogP contribution in [0.4, 0.5) is 11.4 Å². The van der Waals surface area contributed by atoms with Crippen molar-refractivity contribution in [1.82, 2.24) is 4.90 Å². The number of rotatable bonds is 4. The van der Waals surface area contributed by atoms with E-state index in [1.54, 1.807) is 29.2 Å². The number of nitro groups is 1. The van der Waals surface area contributed by atoms with Crippen molar-refractivity contribution in [3.05, 3.63) is 63.7 Å². The zero-order valence-electron chi connectivity index (χ0n) is 14.5. The van der Waals surface area contributed by atoms with E-state index in [1.807, 2.05) is 6.07 Å². The molecule has 8 heteroatoms. The number of benzene rings is 2. The molecule has 2 aromatic rings. The Balaban J connectivity index is 1.74. The lowest BCUT2D eigenvalue weighted by atomic mass is 10.0. The molecule has 2 aliphatic rings. The van der Waals surface area contributed by atoms with Gasteiger partial charge in [-0.3, -0.25) is 14.9 Å². The first-order valence-corrected chi connectivity index (χ1v) is 8.80. The van der Waals surface area contributed by atoms with Crippen molar-refractivity contribution in [2.75, 3.05) is 18.5 Å². The van der Waals surface area contributed by atoms with Crippen molar-refractivity contribution >= 4 is 17.3 Å². The summed E-state index contributed by atoms with van der Waals surface area (Å²) in [5, 5.41) is 24.2. The number of nitrogens with one attached hydrogen (secondary N) is 1. The van der Waals surface area contributed by atoms with E-state index in [9.17, 15) is 20.0 Å². The van der Waals surface area contributed by atoms with Gasteiger partial charge >= 0.3 is 5.69 Å². The summed E-state index contributed by atoms with van der Waals surface area (Å²) in [6.07, 6.45) is 1.17. The fraction of sp³-hybridized carbons (Fsp3) is 0.316. The molecule has 1 fully saturated rings. The van der Waals surface area contributed by atoms with Gasteiger partial charge in [0.15, 0.2) is 5.75 Å². The molecule has 2 aromatic carbocycles. The number of aromatic hydroxyl groups is 1. The minimum absolute atomic E-state index is 0.0596. The number of phenols is 1. The van der Waals surface area contributed by atoms with Crippen molar-refractivity contribution in [1.29, 1.82) is 0 Å². The lowest BCUT2D eigenvalue weighted by Crippen LogP contribution is -2.46. The summed E-state index contributed by atoms with van der Waals surface area (Å²) in [6, 6.07) is 11.4. The van der Waals surface area contributed by atoms with Crippen LogP contribution in [0.1, 0.15) is 34.9 Å². The number of fused-ring (bicyclic) bond motifs is 1. The first-order chi connectivity index (χ1) is 13.0. The van der Waals surface area contributed by atoms with Crippen molar-refractivity contribution in [3.8, 4) is 5.75 Å². The van der Waals surface area contributed by atoms with Crippen LogP contribution in [0.15, 0.2) is 42.5 Å². The van der Waals surface area contributed by atoms with Gasteiger partial charge in [-0.15, -0.1) is 0 Å². The second-order valence-corrected chi connectivity index (χ2v) is 6.69. The van der Waals surface area contributed by atoms with E-state index in [0.717, 1.165) is 12.8 Å². The molecule has 2 atom stereocenters. The molecule has 140 valence electrons. The van der Waals surface area contributed by atoms with E-state index in [4.69, 9.17) is 4.74 Å². The molecule has 2 heterocycles. The third-order valence-electron chi connectivity index (χ3n) is 4.96. The summed E-state index contributed by atoms with van der Waals surface area (Å²) in [5.41, 5.74) is 1.37. The van der Waals surface area contributed by atoms with Crippen LogP contribution in [0.5, 0.6) is 5.75 Å². The van der Waals surface area contributed by atoms with Crippen LogP contribution in [0.2, 0.25) is 0 Å². The average Bonchev–Trinajstić information content (AvgIpc) is 3.17. The summed E-state index contributed by atoms with van der Waals surface area (Å²) >= 11 is 0. The highest BCUT2D eigenvalue weighted by Gasteiger charge is 2.36. The van der Waals surface area contributed by atoms with Gasteiger partial charge in [-0.2, -0.15) is 0 Å². The molecule has 8 nitrogen and oxygen atoms in total. The molecule has 0 bridgehead atoms. The van der Waals surface area contributed by atoms with Crippen LogP contribution in [0.3, 0.4) is 0 Å². The molecule has 27 heavy (non-hydrogen) atoms. The maximum absolute atomic E-state index is 13.1. The minimum atomic E-state index is -0.637. The van der Waals surface area contributed by atoms with Crippen molar-refractivity contribution in [3.63, 3.8) is 0 Å². The maximum atomic E-state index is 13.1. The zero-order valence-corrected chi connectivity index (χ0v) is 14.5. The predicted octanol–water partition coefficient (Wildman–Crippen LogP) is 3.05.